The molecule has 0 radical (unpaired) electrons. The second-order valence-corrected chi connectivity index (χ2v) is 7.94. The highest BCUT2D eigenvalue weighted by atomic mass is 16.3. The molecule has 4 bridgehead atoms. The molecule has 0 amide bonds. The number of benzene rings is 1. The van der Waals surface area contributed by atoms with Gasteiger partial charge in [-0.3, -0.25) is 4.90 Å². The van der Waals surface area contributed by atoms with Crippen molar-refractivity contribution < 1.29 is 5.11 Å². The minimum absolute atomic E-state index is 0.316. The number of aliphatic hydroxyl groups is 1. The summed E-state index contributed by atoms with van der Waals surface area (Å²) >= 11 is 0. The molecule has 4 aliphatic rings. The topological polar surface area (TPSA) is 23.5 Å². The van der Waals surface area contributed by atoms with Crippen molar-refractivity contribution in [3.63, 3.8) is 0 Å². The molecule has 114 valence electrons. The maximum atomic E-state index is 10.7. The predicted octanol–water partition coefficient (Wildman–Crippen LogP) is 3.62. The van der Waals surface area contributed by atoms with Crippen LogP contribution in [0.15, 0.2) is 30.3 Å². The fourth-order valence-corrected chi connectivity index (χ4v) is 5.84. The molecule has 5 rings (SSSR count). The summed E-state index contributed by atoms with van der Waals surface area (Å²) in [5.41, 5.74) is 1.09. The molecular formula is C19H27NO. The summed E-state index contributed by atoms with van der Waals surface area (Å²) in [6.07, 6.45) is 5.84. The van der Waals surface area contributed by atoms with Crippen molar-refractivity contribution in [3.05, 3.63) is 35.9 Å². The van der Waals surface area contributed by atoms with Crippen LogP contribution in [0.1, 0.15) is 50.6 Å². The van der Waals surface area contributed by atoms with E-state index in [1.807, 2.05) is 0 Å². The summed E-state index contributed by atoms with van der Waals surface area (Å²) in [5, 5.41) is 10.7. The highest BCUT2D eigenvalue weighted by molar-refractivity contribution is 5.19. The van der Waals surface area contributed by atoms with Crippen molar-refractivity contribution in [1.82, 2.24) is 4.90 Å². The van der Waals surface area contributed by atoms with Crippen LogP contribution in [-0.2, 0) is 0 Å². The minimum atomic E-state index is -0.316. The molecule has 1 aromatic carbocycles. The summed E-state index contributed by atoms with van der Waals surface area (Å²) in [6.45, 7) is 2.33. The Labute approximate surface area is 128 Å². The van der Waals surface area contributed by atoms with E-state index < -0.39 is 0 Å². The van der Waals surface area contributed by atoms with Crippen molar-refractivity contribution in [2.75, 3.05) is 7.05 Å². The van der Waals surface area contributed by atoms with Crippen LogP contribution in [0, 0.1) is 17.8 Å². The van der Waals surface area contributed by atoms with Gasteiger partial charge in [0.15, 0.2) is 0 Å². The van der Waals surface area contributed by atoms with Crippen LogP contribution in [0.3, 0.4) is 0 Å². The molecule has 4 aliphatic carbocycles. The van der Waals surface area contributed by atoms with Crippen molar-refractivity contribution in [2.24, 2.45) is 17.8 Å². The van der Waals surface area contributed by atoms with E-state index in [2.05, 4.69) is 49.2 Å². The quantitative estimate of drug-likeness (QED) is 0.917. The zero-order valence-corrected chi connectivity index (χ0v) is 13.2. The van der Waals surface area contributed by atoms with E-state index in [0.29, 0.717) is 23.9 Å². The van der Waals surface area contributed by atoms with E-state index in [4.69, 9.17) is 0 Å². The van der Waals surface area contributed by atoms with Crippen LogP contribution in [0.5, 0.6) is 0 Å². The lowest BCUT2D eigenvalue weighted by Gasteiger charge is -2.60. The molecule has 2 nitrogen and oxygen atoms in total. The van der Waals surface area contributed by atoms with Gasteiger partial charge in [-0.1, -0.05) is 30.3 Å². The van der Waals surface area contributed by atoms with Crippen LogP contribution in [0.25, 0.3) is 0 Å². The molecular weight excluding hydrogens is 258 g/mol. The van der Waals surface area contributed by atoms with Crippen LogP contribution >= 0.6 is 0 Å². The molecule has 1 aromatic rings. The Morgan fingerprint density at radius 3 is 2.29 bits per heavy atom. The van der Waals surface area contributed by atoms with E-state index in [9.17, 15) is 5.11 Å². The van der Waals surface area contributed by atoms with Gasteiger partial charge in [0.2, 0.25) is 0 Å². The monoisotopic (exact) mass is 285 g/mol. The smallest absolute Gasteiger partial charge is 0.0657 e. The molecule has 0 aliphatic heterocycles. The van der Waals surface area contributed by atoms with Gasteiger partial charge in [-0.2, -0.15) is 0 Å². The number of hydrogen-bond acceptors (Lipinski definition) is 2. The normalized spacial score (nSPS) is 42.5. The molecule has 2 unspecified atom stereocenters. The lowest BCUT2D eigenvalue weighted by Crippen LogP contribution is -2.61. The Morgan fingerprint density at radius 2 is 1.71 bits per heavy atom. The van der Waals surface area contributed by atoms with E-state index in [0.717, 1.165) is 25.2 Å². The summed E-state index contributed by atoms with van der Waals surface area (Å²) in [5.74, 6) is 2.21. The van der Waals surface area contributed by atoms with E-state index in [1.54, 1.807) is 0 Å². The van der Waals surface area contributed by atoms with Crippen LogP contribution in [-0.4, -0.2) is 28.7 Å². The first-order chi connectivity index (χ1) is 10.1. The first kappa shape index (κ1) is 13.8. The second kappa shape index (κ2) is 4.82. The van der Waals surface area contributed by atoms with Crippen molar-refractivity contribution in [1.29, 1.82) is 0 Å². The molecule has 4 fully saturated rings. The number of rotatable bonds is 3. The summed E-state index contributed by atoms with van der Waals surface area (Å²) in [6, 6.07) is 12.0. The van der Waals surface area contributed by atoms with Gasteiger partial charge in [-0.05, 0) is 69.4 Å². The largest absolute Gasteiger partial charge is 0.390 e. The van der Waals surface area contributed by atoms with Gasteiger partial charge >= 0.3 is 0 Å². The van der Waals surface area contributed by atoms with Gasteiger partial charge in [0.05, 0.1) is 5.60 Å². The summed E-state index contributed by atoms with van der Waals surface area (Å²) in [7, 11) is 2.30. The van der Waals surface area contributed by atoms with Crippen LogP contribution in [0.4, 0.5) is 0 Å². The van der Waals surface area contributed by atoms with Gasteiger partial charge < -0.3 is 5.11 Å². The van der Waals surface area contributed by atoms with E-state index in [1.165, 1.54) is 18.4 Å². The Kier molecular flexibility index (Phi) is 3.16. The van der Waals surface area contributed by atoms with Gasteiger partial charge in [0, 0.05) is 12.1 Å². The molecule has 0 aromatic heterocycles. The minimum Gasteiger partial charge on any atom is -0.390 e. The fourth-order valence-electron chi connectivity index (χ4n) is 5.84. The van der Waals surface area contributed by atoms with Crippen molar-refractivity contribution in [2.45, 2.75) is 56.7 Å². The summed E-state index contributed by atoms with van der Waals surface area (Å²) in [4.78, 5) is 2.60. The lowest BCUT2D eigenvalue weighted by molar-refractivity contribution is -0.161. The molecule has 0 heterocycles. The van der Waals surface area contributed by atoms with E-state index >= 15 is 0 Å². The molecule has 21 heavy (non-hydrogen) atoms. The standard InChI is InChI=1S/C19H27NO/c1-13(15-6-4-3-5-7-15)20(2)18-16-8-14-9-17(18)12-19(21,10-14)11-16/h3-7,13-14,16-18,21H,8-12H2,1-2H3/t13-,14?,16?,17?,18?,19?/m0/s1. The third-order valence-electron chi connectivity index (χ3n) is 6.55. The molecule has 0 saturated heterocycles. The molecule has 1 N–H and O–H groups in total. The first-order valence-corrected chi connectivity index (χ1v) is 8.55. The Bertz CT molecular complexity index is 498. The fraction of sp³-hybridized carbons (Fsp3) is 0.684. The number of nitrogens with zero attached hydrogens (tertiary/aromatic N) is 1. The highest BCUT2D eigenvalue weighted by Gasteiger charge is 2.55. The molecule has 0 spiro atoms. The Hall–Kier alpha value is -0.860. The van der Waals surface area contributed by atoms with Crippen LogP contribution in [0.2, 0.25) is 0 Å². The zero-order chi connectivity index (χ0) is 14.6. The van der Waals surface area contributed by atoms with Gasteiger partial charge in [-0.15, -0.1) is 0 Å². The second-order valence-electron chi connectivity index (χ2n) is 7.94. The zero-order valence-electron chi connectivity index (χ0n) is 13.2. The maximum absolute atomic E-state index is 10.7. The first-order valence-electron chi connectivity index (χ1n) is 8.55. The number of hydrogen-bond donors (Lipinski definition) is 1. The molecule has 2 heteroatoms. The maximum Gasteiger partial charge on any atom is 0.0657 e. The van der Waals surface area contributed by atoms with E-state index in [-0.39, 0.29) is 5.60 Å². The Morgan fingerprint density at radius 1 is 1.10 bits per heavy atom. The van der Waals surface area contributed by atoms with Gasteiger partial charge in [0.25, 0.3) is 0 Å². The predicted molar refractivity (Wildman–Crippen MR) is 84.9 cm³/mol. The summed E-state index contributed by atoms with van der Waals surface area (Å²) < 4.78 is 0. The molecule has 3 atom stereocenters. The third-order valence-corrected chi connectivity index (χ3v) is 6.55. The van der Waals surface area contributed by atoms with Crippen molar-refractivity contribution >= 4 is 0 Å². The van der Waals surface area contributed by atoms with Gasteiger partial charge in [-0.25, -0.2) is 0 Å². The van der Waals surface area contributed by atoms with Gasteiger partial charge in [0.1, 0.15) is 0 Å². The average Bonchev–Trinajstić information content (AvgIpc) is 2.45. The highest BCUT2D eigenvalue weighted by Crippen LogP contribution is 2.57. The lowest BCUT2D eigenvalue weighted by atomic mass is 9.52. The third kappa shape index (κ3) is 2.24. The SMILES string of the molecule is C[C@@H](c1ccccc1)N(C)C1C2CC3CC1CC(O)(C3)C2. The molecule has 4 saturated carbocycles. The van der Waals surface area contributed by atoms with Crippen molar-refractivity contribution in [3.8, 4) is 0 Å². The average molecular weight is 285 g/mol. The van der Waals surface area contributed by atoms with Crippen LogP contribution < -0.4 is 0 Å². The Balaban J connectivity index is 1.57.